The Morgan fingerprint density at radius 2 is 2.07 bits per heavy atom. The molecular weight excluding hydrogens is 184 g/mol. The second-order valence-corrected chi connectivity index (χ2v) is 4.46. The molecule has 0 amide bonds. The lowest BCUT2D eigenvalue weighted by Gasteiger charge is -2.24. The molecule has 0 bridgehead atoms. The molecule has 2 nitrogen and oxygen atoms in total. The van der Waals surface area contributed by atoms with Crippen LogP contribution in [0.1, 0.15) is 25.8 Å². The Hall–Kier alpha value is -1.18. The molecule has 1 aromatic carbocycles. The molecule has 1 rings (SSSR count). The van der Waals surface area contributed by atoms with Crippen molar-refractivity contribution < 1.29 is 0 Å². The number of hydrogen-bond donors (Lipinski definition) is 1. The summed E-state index contributed by atoms with van der Waals surface area (Å²) < 4.78 is 0. The third kappa shape index (κ3) is 3.15. The number of anilines is 2. The molecule has 0 radical (unpaired) electrons. The van der Waals surface area contributed by atoms with Crippen LogP contribution in [-0.2, 0) is 0 Å². The van der Waals surface area contributed by atoms with Crippen LogP contribution in [0.5, 0.6) is 0 Å². The predicted molar refractivity (Wildman–Crippen MR) is 68.3 cm³/mol. The molecule has 0 aliphatic carbocycles. The van der Waals surface area contributed by atoms with E-state index in [1.807, 2.05) is 6.07 Å². The number of nitrogens with zero attached hydrogens (tertiary/aromatic N) is 1. The van der Waals surface area contributed by atoms with Crippen molar-refractivity contribution in [2.45, 2.75) is 27.2 Å². The van der Waals surface area contributed by atoms with Gasteiger partial charge in [-0.25, -0.2) is 0 Å². The Morgan fingerprint density at radius 1 is 1.40 bits per heavy atom. The zero-order chi connectivity index (χ0) is 11.4. The predicted octanol–water partition coefficient (Wildman–Crippen LogP) is 3.06. The molecule has 15 heavy (non-hydrogen) atoms. The second kappa shape index (κ2) is 5.06. The van der Waals surface area contributed by atoms with Crippen molar-refractivity contribution in [1.29, 1.82) is 0 Å². The summed E-state index contributed by atoms with van der Waals surface area (Å²) in [6.07, 6.45) is 1.20. The van der Waals surface area contributed by atoms with Crippen LogP contribution in [0.3, 0.4) is 0 Å². The summed E-state index contributed by atoms with van der Waals surface area (Å²) in [7, 11) is 2.11. The van der Waals surface area contributed by atoms with Crippen LogP contribution in [0.15, 0.2) is 18.2 Å². The lowest BCUT2D eigenvalue weighted by Crippen LogP contribution is -2.24. The minimum absolute atomic E-state index is 0.704. The number of aryl methyl sites for hydroxylation is 1. The summed E-state index contributed by atoms with van der Waals surface area (Å²) in [6, 6.07) is 6.19. The van der Waals surface area contributed by atoms with E-state index in [1.54, 1.807) is 0 Å². The molecule has 1 unspecified atom stereocenters. The Labute approximate surface area is 93.1 Å². The lowest BCUT2D eigenvalue weighted by atomic mass is 10.1. The van der Waals surface area contributed by atoms with E-state index in [2.05, 4.69) is 44.9 Å². The summed E-state index contributed by atoms with van der Waals surface area (Å²) in [5, 5.41) is 0. The molecule has 0 aliphatic rings. The summed E-state index contributed by atoms with van der Waals surface area (Å²) in [4.78, 5) is 2.25. The highest BCUT2D eigenvalue weighted by atomic mass is 15.1. The maximum atomic E-state index is 5.97. The van der Waals surface area contributed by atoms with Crippen molar-refractivity contribution in [1.82, 2.24) is 0 Å². The van der Waals surface area contributed by atoms with Crippen molar-refractivity contribution in [3.63, 3.8) is 0 Å². The first-order chi connectivity index (χ1) is 7.04. The zero-order valence-corrected chi connectivity index (χ0v) is 10.2. The minimum Gasteiger partial charge on any atom is -0.397 e. The fraction of sp³-hybridized carbons (Fsp3) is 0.538. The van der Waals surface area contributed by atoms with Gasteiger partial charge in [0.1, 0.15) is 0 Å². The molecule has 1 atom stereocenters. The number of benzene rings is 1. The summed E-state index contributed by atoms with van der Waals surface area (Å²) >= 11 is 0. The first-order valence-electron chi connectivity index (χ1n) is 5.61. The van der Waals surface area contributed by atoms with E-state index < -0.39 is 0 Å². The largest absolute Gasteiger partial charge is 0.397 e. The molecule has 84 valence electrons. The van der Waals surface area contributed by atoms with E-state index in [0.717, 1.165) is 17.9 Å². The molecule has 0 aliphatic heterocycles. The van der Waals surface area contributed by atoms with Crippen LogP contribution >= 0.6 is 0 Å². The maximum absolute atomic E-state index is 5.97. The maximum Gasteiger partial charge on any atom is 0.0600 e. The van der Waals surface area contributed by atoms with Crippen molar-refractivity contribution in [2.75, 3.05) is 24.2 Å². The zero-order valence-electron chi connectivity index (χ0n) is 10.2. The molecule has 0 spiro atoms. The van der Waals surface area contributed by atoms with Crippen LogP contribution in [-0.4, -0.2) is 13.6 Å². The number of hydrogen-bond acceptors (Lipinski definition) is 2. The van der Waals surface area contributed by atoms with Crippen molar-refractivity contribution in [3.8, 4) is 0 Å². The monoisotopic (exact) mass is 206 g/mol. The number of nitrogen functional groups attached to an aromatic ring is 1. The molecule has 0 heterocycles. The Balaban J connectivity index is 2.80. The average molecular weight is 206 g/mol. The standard InChI is InChI=1S/C13H22N2/c1-5-10(2)9-15(4)13-8-11(3)6-7-12(13)14/h6-8,10H,5,9,14H2,1-4H3. The van der Waals surface area contributed by atoms with Crippen LogP contribution < -0.4 is 10.6 Å². The van der Waals surface area contributed by atoms with Crippen LogP contribution in [0.25, 0.3) is 0 Å². The van der Waals surface area contributed by atoms with E-state index in [9.17, 15) is 0 Å². The summed E-state index contributed by atoms with van der Waals surface area (Å²) in [5.41, 5.74) is 9.24. The van der Waals surface area contributed by atoms with E-state index in [-0.39, 0.29) is 0 Å². The van der Waals surface area contributed by atoms with E-state index in [4.69, 9.17) is 5.73 Å². The van der Waals surface area contributed by atoms with Crippen LogP contribution in [0.4, 0.5) is 11.4 Å². The van der Waals surface area contributed by atoms with Gasteiger partial charge in [0.2, 0.25) is 0 Å². The molecular formula is C13H22N2. The van der Waals surface area contributed by atoms with Crippen LogP contribution in [0, 0.1) is 12.8 Å². The Kier molecular flexibility index (Phi) is 4.01. The Morgan fingerprint density at radius 3 is 2.67 bits per heavy atom. The summed E-state index contributed by atoms with van der Waals surface area (Å²) in [5.74, 6) is 0.704. The van der Waals surface area contributed by atoms with Gasteiger partial charge in [0, 0.05) is 13.6 Å². The van der Waals surface area contributed by atoms with Gasteiger partial charge in [-0.05, 0) is 30.5 Å². The van der Waals surface area contributed by atoms with Crippen molar-refractivity contribution in [2.24, 2.45) is 5.92 Å². The van der Waals surface area contributed by atoms with Gasteiger partial charge in [0.15, 0.2) is 0 Å². The number of nitrogens with two attached hydrogens (primary N) is 1. The van der Waals surface area contributed by atoms with Gasteiger partial charge in [-0.15, -0.1) is 0 Å². The van der Waals surface area contributed by atoms with Crippen LogP contribution in [0.2, 0.25) is 0 Å². The average Bonchev–Trinajstić information content (AvgIpc) is 2.21. The van der Waals surface area contributed by atoms with E-state index >= 15 is 0 Å². The molecule has 2 heteroatoms. The SMILES string of the molecule is CCC(C)CN(C)c1cc(C)ccc1N. The quantitative estimate of drug-likeness (QED) is 0.767. The molecule has 0 saturated heterocycles. The van der Waals surface area contributed by atoms with Gasteiger partial charge < -0.3 is 10.6 Å². The van der Waals surface area contributed by atoms with Gasteiger partial charge >= 0.3 is 0 Å². The Bertz CT molecular complexity index is 320. The first-order valence-corrected chi connectivity index (χ1v) is 5.61. The molecule has 0 saturated carbocycles. The van der Waals surface area contributed by atoms with Gasteiger partial charge in [0.25, 0.3) is 0 Å². The van der Waals surface area contributed by atoms with E-state index in [1.165, 1.54) is 12.0 Å². The third-order valence-corrected chi connectivity index (χ3v) is 2.88. The third-order valence-electron chi connectivity index (χ3n) is 2.88. The molecule has 0 fully saturated rings. The van der Waals surface area contributed by atoms with E-state index in [0.29, 0.717) is 5.92 Å². The number of rotatable bonds is 4. The summed E-state index contributed by atoms with van der Waals surface area (Å²) in [6.45, 7) is 7.64. The smallest absolute Gasteiger partial charge is 0.0600 e. The highest BCUT2D eigenvalue weighted by molar-refractivity contribution is 5.68. The van der Waals surface area contributed by atoms with Gasteiger partial charge in [-0.2, -0.15) is 0 Å². The first kappa shape index (κ1) is 11.9. The van der Waals surface area contributed by atoms with Gasteiger partial charge in [0.05, 0.1) is 11.4 Å². The lowest BCUT2D eigenvalue weighted by molar-refractivity contribution is 0.560. The molecule has 1 aromatic rings. The van der Waals surface area contributed by atoms with Gasteiger partial charge in [-0.1, -0.05) is 26.3 Å². The fourth-order valence-electron chi connectivity index (χ4n) is 1.68. The normalized spacial score (nSPS) is 12.5. The highest BCUT2D eigenvalue weighted by Crippen LogP contribution is 2.24. The molecule has 2 N–H and O–H groups in total. The topological polar surface area (TPSA) is 29.3 Å². The van der Waals surface area contributed by atoms with Crippen molar-refractivity contribution >= 4 is 11.4 Å². The van der Waals surface area contributed by atoms with Crippen molar-refractivity contribution in [3.05, 3.63) is 23.8 Å². The highest BCUT2D eigenvalue weighted by Gasteiger charge is 2.08. The van der Waals surface area contributed by atoms with Gasteiger partial charge in [-0.3, -0.25) is 0 Å². The second-order valence-electron chi connectivity index (χ2n) is 4.46. The fourth-order valence-corrected chi connectivity index (χ4v) is 1.68. The minimum atomic E-state index is 0.704. The molecule has 0 aromatic heterocycles.